The van der Waals surface area contributed by atoms with Crippen molar-refractivity contribution in [2.45, 2.75) is 17.9 Å². The molecular formula is C17H18Cl2N2O3S. The number of rotatable bonds is 7. The van der Waals surface area contributed by atoms with Gasteiger partial charge < -0.3 is 4.90 Å². The highest BCUT2D eigenvalue weighted by atomic mass is 35.5. The molecule has 0 aliphatic heterocycles. The Kier molecular flexibility index (Phi) is 6.84. The first-order valence-electron chi connectivity index (χ1n) is 7.52. The van der Waals surface area contributed by atoms with Crippen molar-refractivity contribution in [2.24, 2.45) is 0 Å². The molecule has 0 unspecified atom stereocenters. The molecule has 2 aromatic carbocycles. The Labute approximate surface area is 157 Å². The first kappa shape index (κ1) is 19.7. The van der Waals surface area contributed by atoms with Gasteiger partial charge in [-0.2, -0.15) is 0 Å². The zero-order chi connectivity index (χ0) is 18.4. The lowest BCUT2D eigenvalue weighted by atomic mass is 10.2. The van der Waals surface area contributed by atoms with E-state index in [1.807, 2.05) is 18.2 Å². The number of nitrogens with one attached hydrogen (secondary N) is 1. The molecule has 0 saturated carbocycles. The number of carbonyl (C=O) groups is 1. The number of halogens is 2. The monoisotopic (exact) mass is 400 g/mol. The number of hydrogen-bond acceptors (Lipinski definition) is 3. The summed E-state index contributed by atoms with van der Waals surface area (Å²) in [6, 6.07) is 13.2. The normalized spacial score (nSPS) is 11.3. The van der Waals surface area contributed by atoms with Gasteiger partial charge in [0.25, 0.3) is 0 Å². The Morgan fingerprint density at radius 1 is 1.12 bits per heavy atom. The third-order valence-corrected chi connectivity index (χ3v) is 5.59. The number of sulfonamides is 1. The molecule has 0 aliphatic carbocycles. The first-order chi connectivity index (χ1) is 11.8. The summed E-state index contributed by atoms with van der Waals surface area (Å²) in [5.74, 6) is -0.186. The van der Waals surface area contributed by atoms with Crippen LogP contribution in [-0.2, 0) is 21.4 Å². The molecule has 0 atom stereocenters. The van der Waals surface area contributed by atoms with Gasteiger partial charge in [-0.15, -0.1) is 0 Å². The maximum Gasteiger partial charge on any atom is 0.240 e. The summed E-state index contributed by atoms with van der Waals surface area (Å²) in [6.45, 7) is 0.361. The van der Waals surface area contributed by atoms with E-state index in [0.29, 0.717) is 16.6 Å². The van der Waals surface area contributed by atoms with Gasteiger partial charge in [-0.1, -0.05) is 47.5 Å². The van der Waals surface area contributed by atoms with Crippen LogP contribution in [0.3, 0.4) is 0 Å². The fraction of sp³-hybridized carbons (Fsp3) is 0.235. The average molecular weight is 401 g/mol. The van der Waals surface area contributed by atoms with Crippen LogP contribution in [0, 0.1) is 0 Å². The number of benzene rings is 2. The van der Waals surface area contributed by atoms with E-state index in [1.54, 1.807) is 25.2 Å². The second-order valence-corrected chi connectivity index (χ2v) is 8.06. The molecule has 0 spiro atoms. The Morgan fingerprint density at radius 2 is 1.84 bits per heavy atom. The quantitative estimate of drug-likeness (QED) is 0.774. The van der Waals surface area contributed by atoms with Crippen molar-refractivity contribution >= 4 is 39.1 Å². The van der Waals surface area contributed by atoms with Gasteiger partial charge in [0.05, 0.1) is 4.90 Å². The van der Waals surface area contributed by atoms with Crippen LogP contribution < -0.4 is 4.72 Å². The van der Waals surface area contributed by atoms with Gasteiger partial charge in [0.15, 0.2) is 0 Å². The summed E-state index contributed by atoms with van der Waals surface area (Å²) in [7, 11) is -2.05. The van der Waals surface area contributed by atoms with Crippen LogP contribution >= 0.6 is 23.2 Å². The van der Waals surface area contributed by atoms with E-state index in [2.05, 4.69) is 4.72 Å². The third-order valence-electron chi connectivity index (χ3n) is 3.53. The van der Waals surface area contributed by atoms with Crippen molar-refractivity contribution in [3.63, 3.8) is 0 Å². The third kappa shape index (κ3) is 5.71. The molecule has 5 nitrogen and oxygen atoms in total. The van der Waals surface area contributed by atoms with Crippen LogP contribution in [0.15, 0.2) is 53.4 Å². The number of nitrogens with zero attached hydrogens (tertiary/aromatic N) is 1. The van der Waals surface area contributed by atoms with Crippen molar-refractivity contribution in [3.05, 3.63) is 64.1 Å². The summed E-state index contributed by atoms with van der Waals surface area (Å²) < 4.78 is 26.7. The summed E-state index contributed by atoms with van der Waals surface area (Å²) in [5, 5.41) is 0.919. The predicted octanol–water partition coefficient (Wildman–Crippen LogP) is 3.32. The van der Waals surface area contributed by atoms with Crippen LogP contribution in [0.2, 0.25) is 10.0 Å². The van der Waals surface area contributed by atoms with Crippen LogP contribution in [-0.4, -0.2) is 32.8 Å². The minimum absolute atomic E-state index is 0.000538. The lowest BCUT2D eigenvalue weighted by Gasteiger charge is -2.18. The zero-order valence-electron chi connectivity index (χ0n) is 13.6. The molecule has 0 bridgehead atoms. The Morgan fingerprint density at radius 3 is 2.52 bits per heavy atom. The molecule has 0 saturated heterocycles. The van der Waals surface area contributed by atoms with Crippen molar-refractivity contribution in [1.29, 1.82) is 0 Å². The first-order valence-corrected chi connectivity index (χ1v) is 9.76. The van der Waals surface area contributed by atoms with Crippen LogP contribution in [0.1, 0.15) is 12.0 Å². The van der Waals surface area contributed by atoms with E-state index in [9.17, 15) is 13.2 Å². The van der Waals surface area contributed by atoms with E-state index >= 15 is 0 Å². The number of carbonyl (C=O) groups excluding carboxylic acids is 1. The lowest BCUT2D eigenvalue weighted by molar-refractivity contribution is -0.130. The van der Waals surface area contributed by atoms with Gasteiger partial charge in [0, 0.05) is 36.6 Å². The van der Waals surface area contributed by atoms with Gasteiger partial charge in [0.1, 0.15) is 0 Å². The number of amides is 1. The molecule has 25 heavy (non-hydrogen) atoms. The van der Waals surface area contributed by atoms with Crippen LogP contribution in [0.4, 0.5) is 0 Å². The second kappa shape index (κ2) is 8.67. The van der Waals surface area contributed by atoms with E-state index in [0.717, 1.165) is 5.56 Å². The minimum Gasteiger partial charge on any atom is -0.341 e. The van der Waals surface area contributed by atoms with E-state index in [-0.39, 0.29) is 23.8 Å². The maximum atomic E-state index is 12.2. The molecule has 2 rings (SSSR count). The summed E-state index contributed by atoms with van der Waals surface area (Å²) in [5.41, 5.74) is 0.833. The Balaban J connectivity index is 1.88. The Hall–Kier alpha value is -1.60. The maximum absolute atomic E-state index is 12.2. The fourth-order valence-electron chi connectivity index (χ4n) is 2.17. The molecule has 0 heterocycles. The minimum atomic E-state index is -3.70. The SMILES string of the molecule is CN(Cc1ccccc1Cl)C(=O)CCNS(=O)(=O)c1cccc(Cl)c1. The molecule has 2 aromatic rings. The molecule has 0 aliphatic rings. The number of hydrogen-bond donors (Lipinski definition) is 1. The van der Waals surface area contributed by atoms with Crippen LogP contribution in [0.5, 0.6) is 0 Å². The Bertz CT molecular complexity index is 856. The topological polar surface area (TPSA) is 66.5 Å². The smallest absolute Gasteiger partial charge is 0.240 e. The van der Waals surface area contributed by atoms with E-state index < -0.39 is 10.0 Å². The molecule has 0 radical (unpaired) electrons. The fourth-order valence-corrected chi connectivity index (χ4v) is 3.70. The van der Waals surface area contributed by atoms with Gasteiger partial charge >= 0.3 is 0 Å². The zero-order valence-corrected chi connectivity index (χ0v) is 15.9. The van der Waals surface area contributed by atoms with Gasteiger partial charge in [-0.25, -0.2) is 13.1 Å². The van der Waals surface area contributed by atoms with Crippen molar-refractivity contribution in [3.8, 4) is 0 Å². The van der Waals surface area contributed by atoms with E-state index in [1.165, 1.54) is 17.0 Å². The molecule has 1 N–H and O–H groups in total. The van der Waals surface area contributed by atoms with Gasteiger partial charge in [-0.05, 0) is 29.8 Å². The molecule has 0 aromatic heterocycles. The van der Waals surface area contributed by atoms with Gasteiger partial charge in [-0.3, -0.25) is 4.79 Å². The highest BCUT2D eigenvalue weighted by molar-refractivity contribution is 7.89. The van der Waals surface area contributed by atoms with Crippen molar-refractivity contribution < 1.29 is 13.2 Å². The molecular weight excluding hydrogens is 383 g/mol. The molecule has 0 fully saturated rings. The standard InChI is InChI=1S/C17H18Cl2N2O3S/c1-21(12-13-5-2-3-8-16(13)19)17(22)9-10-20-25(23,24)15-7-4-6-14(18)11-15/h2-8,11,20H,9-10,12H2,1H3. The average Bonchev–Trinajstić information content (AvgIpc) is 2.56. The largest absolute Gasteiger partial charge is 0.341 e. The van der Waals surface area contributed by atoms with Gasteiger partial charge in [0.2, 0.25) is 15.9 Å². The van der Waals surface area contributed by atoms with E-state index in [4.69, 9.17) is 23.2 Å². The predicted molar refractivity (Wildman–Crippen MR) is 99.2 cm³/mol. The molecule has 1 amide bonds. The summed E-state index contributed by atoms with van der Waals surface area (Å²) in [6.07, 6.45) is 0.0424. The van der Waals surface area contributed by atoms with Crippen molar-refractivity contribution in [2.75, 3.05) is 13.6 Å². The highest BCUT2D eigenvalue weighted by Gasteiger charge is 2.16. The van der Waals surface area contributed by atoms with Crippen LogP contribution in [0.25, 0.3) is 0 Å². The molecule has 8 heteroatoms. The molecule has 134 valence electrons. The highest BCUT2D eigenvalue weighted by Crippen LogP contribution is 2.17. The summed E-state index contributed by atoms with van der Waals surface area (Å²) in [4.78, 5) is 13.7. The summed E-state index contributed by atoms with van der Waals surface area (Å²) >= 11 is 11.9. The second-order valence-electron chi connectivity index (χ2n) is 5.45. The lowest BCUT2D eigenvalue weighted by Crippen LogP contribution is -2.32. The van der Waals surface area contributed by atoms with Crippen molar-refractivity contribution in [1.82, 2.24) is 9.62 Å².